The minimum Gasteiger partial charge on any atom is -0.481 e. The number of carbonyl (C=O) groups excluding carboxylic acids is 1. The lowest BCUT2D eigenvalue weighted by molar-refractivity contribution is -0.138. The lowest BCUT2D eigenvalue weighted by Gasteiger charge is -2.16. The smallest absolute Gasteiger partial charge is 0.305 e. The number of halogens is 1. The topological polar surface area (TPSA) is 116 Å². The van der Waals surface area contributed by atoms with Gasteiger partial charge in [-0.15, -0.1) is 0 Å². The third-order valence-corrected chi connectivity index (χ3v) is 4.45. The van der Waals surface area contributed by atoms with Crippen LogP contribution in [0.2, 0.25) is 5.02 Å². The van der Waals surface area contributed by atoms with Crippen LogP contribution in [-0.2, 0) is 14.4 Å². The van der Waals surface area contributed by atoms with E-state index in [1.165, 1.54) is 6.08 Å². The van der Waals surface area contributed by atoms with Crippen molar-refractivity contribution in [1.82, 2.24) is 5.32 Å². The second kappa shape index (κ2) is 11.6. The van der Waals surface area contributed by atoms with Gasteiger partial charge in [0.1, 0.15) is 0 Å². The van der Waals surface area contributed by atoms with E-state index in [0.29, 0.717) is 23.6 Å². The molecule has 0 saturated carbocycles. The molecule has 0 aliphatic carbocycles. The number of carboxylic acids is 2. The van der Waals surface area contributed by atoms with Gasteiger partial charge in [-0.25, -0.2) is 0 Å². The first-order chi connectivity index (χ1) is 14.3. The molecule has 0 saturated heterocycles. The fourth-order valence-corrected chi connectivity index (χ4v) is 2.82. The number of anilines is 1. The second-order valence-corrected chi connectivity index (χ2v) is 7.03. The summed E-state index contributed by atoms with van der Waals surface area (Å²) in [7, 11) is 0. The number of rotatable bonds is 11. The minimum atomic E-state index is -1.02. The zero-order valence-corrected chi connectivity index (χ0v) is 16.9. The van der Waals surface area contributed by atoms with Gasteiger partial charge >= 0.3 is 11.9 Å². The van der Waals surface area contributed by atoms with Gasteiger partial charge in [-0.1, -0.05) is 35.9 Å². The number of carboxylic acid groups (broad SMARTS) is 2. The molecule has 0 aliphatic heterocycles. The van der Waals surface area contributed by atoms with Crippen molar-refractivity contribution in [2.45, 2.75) is 25.3 Å². The van der Waals surface area contributed by atoms with Crippen molar-refractivity contribution >= 4 is 41.2 Å². The van der Waals surface area contributed by atoms with Crippen molar-refractivity contribution in [3.63, 3.8) is 0 Å². The maximum Gasteiger partial charge on any atom is 0.305 e. The van der Waals surface area contributed by atoms with Gasteiger partial charge in [0.05, 0.1) is 12.5 Å². The van der Waals surface area contributed by atoms with Gasteiger partial charge < -0.3 is 20.8 Å². The average molecular weight is 431 g/mol. The standard InChI is InChI=1S/C22H23ClN2O5/c23-17-8-6-16(7-9-17)19(14-22(29)30)25-20(26)12-5-15-3-10-18(11-4-15)24-13-1-2-21(27)28/h3-12,19,24H,1-2,13-14H2,(H,25,26)(H,27,28)(H,29,30)/b12-5+. The Morgan fingerprint density at radius 3 is 2.23 bits per heavy atom. The molecule has 4 N–H and O–H groups in total. The lowest BCUT2D eigenvalue weighted by atomic mass is 10.0. The van der Waals surface area contributed by atoms with Crippen molar-refractivity contribution < 1.29 is 24.6 Å². The Balaban J connectivity index is 1.92. The van der Waals surface area contributed by atoms with Crippen LogP contribution < -0.4 is 10.6 Å². The molecule has 1 unspecified atom stereocenters. The van der Waals surface area contributed by atoms with E-state index >= 15 is 0 Å². The monoisotopic (exact) mass is 430 g/mol. The van der Waals surface area contributed by atoms with Gasteiger partial charge in [-0.2, -0.15) is 0 Å². The first-order valence-corrected chi connectivity index (χ1v) is 9.73. The maximum absolute atomic E-state index is 12.3. The molecule has 1 atom stereocenters. The Kier molecular flexibility index (Phi) is 8.90. The van der Waals surface area contributed by atoms with Gasteiger partial charge in [-0.05, 0) is 47.9 Å². The maximum atomic E-state index is 12.3. The quantitative estimate of drug-likeness (QED) is 0.317. The molecule has 0 spiro atoms. The van der Waals surface area contributed by atoms with Gasteiger partial charge in [0, 0.05) is 29.8 Å². The average Bonchev–Trinajstić information content (AvgIpc) is 2.70. The van der Waals surface area contributed by atoms with E-state index in [4.69, 9.17) is 21.8 Å². The molecule has 2 rings (SSSR count). The highest BCUT2D eigenvalue weighted by atomic mass is 35.5. The largest absolute Gasteiger partial charge is 0.481 e. The second-order valence-electron chi connectivity index (χ2n) is 6.59. The Labute approximate surface area is 179 Å². The first-order valence-electron chi connectivity index (χ1n) is 9.35. The van der Waals surface area contributed by atoms with Crippen molar-refractivity contribution in [2.75, 3.05) is 11.9 Å². The van der Waals surface area contributed by atoms with Crippen LogP contribution in [0.25, 0.3) is 6.08 Å². The molecule has 30 heavy (non-hydrogen) atoms. The van der Waals surface area contributed by atoms with Crippen LogP contribution in [0, 0.1) is 0 Å². The Morgan fingerprint density at radius 1 is 0.967 bits per heavy atom. The highest BCUT2D eigenvalue weighted by Crippen LogP contribution is 2.20. The Hall–Kier alpha value is -3.32. The van der Waals surface area contributed by atoms with E-state index in [2.05, 4.69) is 10.6 Å². The summed E-state index contributed by atoms with van der Waals surface area (Å²) >= 11 is 5.86. The molecule has 0 heterocycles. The number of amides is 1. The molecular weight excluding hydrogens is 408 g/mol. The Bertz CT molecular complexity index is 895. The normalized spacial score (nSPS) is 11.8. The van der Waals surface area contributed by atoms with Crippen LogP contribution in [0.15, 0.2) is 54.6 Å². The summed E-state index contributed by atoms with van der Waals surface area (Å²) in [4.78, 5) is 33.9. The number of nitrogens with one attached hydrogen (secondary N) is 2. The SMILES string of the molecule is O=C(O)CCCNc1ccc(/C=C/C(=O)NC(CC(=O)O)c2ccc(Cl)cc2)cc1. The molecule has 2 aromatic carbocycles. The zero-order chi connectivity index (χ0) is 21.9. The van der Waals surface area contributed by atoms with Crippen LogP contribution >= 0.6 is 11.6 Å². The predicted molar refractivity (Wildman–Crippen MR) is 115 cm³/mol. The number of hydrogen-bond acceptors (Lipinski definition) is 4. The van der Waals surface area contributed by atoms with Crippen LogP contribution in [-0.4, -0.2) is 34.6 Å². The molecule has 0 radical (unpaired) electrons. The number of benzene rings is 2. The van der Waals surface area contributed by atoms with E-state index in [-0.39, 0.29) is 12.8 Å². The predicted octanol–water partition coefficient (Wildman–Crippen LogP) is 3.96. The summed E-state index contributed by atoms with van der Waals surface area (Å²) in [6.45, 7) is 0.555. The fourth-order valence-electron chi connectivity index (χ4n) is 2.70. The molecular formula is C22H23ClN2O5. The minimum absolute atomic E-state index is 0.113. The van der Waals surface area contributed by atoms with Crippen LogP contribution in [0.3, 0.4) is 0 Å². The van der Waals surface area contributed by atoms with E-state index < -0.39 is 23.9 Å². The van der Waals surface area contributed by atoms with Crippen molar-refractivity contribution in [3.8, 4) is 0 Å². The van der Waals surface area contributed by atoms with Crippen LogP contribution in [0.1, 0.15) is 36.4 Å². The summed E-state index contributed by atoms with van der Waals surface area (Å²) in [5.41, 5.74) is 2.30. The summed E-state index contributed by atoms with van der Waals surface area (Å²) in [6.07, 6.45) is 3.37. The highest BCUT2D eigenvalue weighted by molar-refractivity contribution is 6.30. The summed E-state index contributed by atoms with van der Waals surface area (Å²) in [5.74, 6) is -2.25. The van der Waals surface area contributed by atoms with E-state index in [0.717, 1.165) is 11.3 Å². The van der Waals surface area contributed by atoms with E-state index in [1.807, 2.05) is 24.3 Å². The summed E-state index contributed by atoms with van der Waals surface area (Å²) < 4.78 is 0. The number of aliphatic carboxylic acids is 2. The van der Waals surface area contributed by atoms with Gasteiger partial charge in [0.2, 0.25) is 5.91 Å². The summed E-state index contributed by atoms with van der Waals surface area (Å²) in [5, 5.41) is 24.1. The molecule has 2 aromatic rings. The fraction of sp³-hybridized carbons (Fsp3) is 0.227. The molecule has 158 valence electrons. The van der Waals surface area contributed by atoms with Crippen molar-refractivity contribution in [3.05, 3.63) is 70.8 Å². The first kappa shape index (κ1) is 23.0. The van der Waals surface area contributed by atoms with Crippen LogP contribution in [0.4, 0.5) is 5.69 Å². The van der Waals surface area contributed by atoms with Crippen molar-refractivity contribution in [2.24, 2.45) is 0 Å². The highest BCUT2D eigenvalue weighted by Gasteiger charge is 2.17. The number of carbonyl (C=O) groups is 3. The molecule has 0 aromatic heterocycles. The zero-order valence-electron chi connectivity index (χ0n) is 16.2. The van der Waals surface area contributed by atoms with Crippen LogP contribution in [0.5, 0.6) is 0 Å². The Morgan fingerprint density at radius 2 is 1.63 bits per heavy atom. The van der Waals surface area contributed by atoms with E-state index in [1.54, 1.807) is 30.3 Å². The van der Waals surface area contributed by atoms with Gasteiger partial charge in [0.15, 0.2) is 0 Å². The molecule has 7 nitrogen and oxygen atoms in total. The third-order valence-electron chi connectivity index (χ3n) is 4.20. The van der Waals surface area contributed by atoms with Crippen molar-refractivity contribution in [1.29, 1.82) is 0 Å². The molecule has 8 heteroatoms. The number of hydrogen-bond donors (Lipinski definition) is 4. The molecule has 0 aliphatic rings. The lowest BCUT2D eigenvalue weighted by Crippen LogP contribution is -2.28. The summed E-state index contributed by atoms with van der Waals surface area (Å²) in [6, 6.07) is 13.3. The van der Waals surface area contributed by atoms with Gasteiger partial charge in [-0.3, -0.25) is 14.4 Å². The molecule has 0 fully saturated rings. The van der Waals surface area contributed by atoms with Gasteiger partial charge in [0.25, 0.3) is 0 Å². The van der Waals surface area contributed by atoms with E-state index in [9.17, 15) is 14.4 Å². The molecule has 0 bridgehead atoms. The molecule has 1 amide bonds. The third kappa shape index (κ3) is 8.36.